The third-order valence-corrected chi connectivity index (χ3v) is 6.06. The number of esters is 1. The van der Waals surface area contributed by atoms with Crippen LogP contribution in [0, 0.1) is 5.92 Å². The number of nitrogens with zero attached hydrogens (tertiary/aromatic N) is 1. The van der Waals surface area contributed by atoms with Gasteiger partial charge in [0, 0.05) is 5.38 Å². The highest BCUT2D eigenvalue weighted by molar-refractivity contribution is 8.01. The molecule has 2 aromatic rings. The van der Waals surface area contributed by atoms with E-state index in [0.29, 0.717) is 24.0 Å². The number of rotatable bonds is 10. The molecule has 0 unspecified atom stereocenters. The first kappa shape index (κ1) is 22.4. The zero-order valence-electron chi connectivity index (χ0n) is 16.9. The van der Waals surface area contributed by atoms with Crippen molar-refractivity contribution in [2.75, 3.05) is 12.4 Å². The maximum atomic E-state index is 12.3. The molecule has 152 valence electrons. The zero-order chi connectivity index (χ0) is 20.5. The van der Waals surface area contributed by atoms with E-state index in [2.05, 4.69) is 48.4 Å². The van der Waals surface area contributed by atoms with Gasteiger partial charge in [0.05, 0.1) is 30.5 Å². The lowest BCUT2D eigenvalue weighted by Gasteiger charge is -2.15. The van der Waals surface area contributed by atoms with Crippen molar-refractivity contribution in [2.24, 2.45) is 5.92 Å². The number of thioether (sulfide) groups is 1. The fourth-order valence-electron chi connectivity index (χ4n) is 2.70. The summed E-state index contributed by atoms with van der Waals surface area (Å²) >= 11 is 2.82. The molecule has 5 nitrogen and oxygen atoms in total. The SMILES string of the molecule is CCOC(=O)Cc1csc(SCC(=O)N[C@@H](C)c2ccc(CC(C)C)cc2)n1. The van der Waals surface area contributed by atoms with Gasteiger partial charge in [0.2, 0.25) is 5.91 Å². The molecule has 0 radical (unpaired) electrons. The molecule has 28 heavy (non-hydrogen) atoms. The number of hydrogen-bond acceptors (Lipinski definition) is 6. The van der Waals surface area contributed by atoms with Gasteiger partial charge >= 0.3 is 5.97 Å². The summed E-state index contributed by atoms with van der Waals surface area (Å²) in [7, 11) is 0. The van der Waals surface area contributed by atoms with Crippen LogP contribution in [-0.4, -0.2) is 29.2 Å². The highest BCUT2D eigenvalue weighted by Gasteiger charge is 2.13. The van der Waals surface area contributed by atoms with Crippen molar-refractivity contribution in [2.45, 2.75) is 50.9 Å². The van der Waals surface area contributed by atoms with Crippen LogP contribution in [0.25, 0.3) is 0 Å². The van der Waals surface area contributed by atoms with E-state index in [9.17, 15) is 9.59 Å². The van der Waals surface area contributed by atoms with Crippen LogP contribution >= 0.6 is 23.1 Å². The second-order valence-corrected chi connectivity index (χ2v) is 9.08. The molecule has 1 atom stereocenters. The van der Waals surface area contributed by atoms with E-state index in [1.165, 1.54) is 28.7 Å². The fourth-order valence-corrected chi connectivity index (χ4v) is 4.36. The molecular weight excluding hydrogens is 392 g/mol. The van der Waals surface area contributed by atoms with Gasteiger partial charge in [-0.3, -0.25) is 9.59 Å². The average molecular weight is 421 g/mol. The number of ether oxygens (including phenoxy) is 1. The minimum Gasteiger partial charge on any atom is -0.466 e. The molecule has 2 rings (SSSR count). The molecule has 1 amide bonds. The minimum absolute atomic E-state index is 0.0362. The van der Waals surface area contributed by atoms with Gasteiger partial charge in [-0.15, -0.1) is 11.3 Å². The largest absolute Gasteiger partial charge is 0.466 e. The van der Waals surface area contributed by atoms with Crippen LogP contribution in [0.4, 0.5) is 0 Å². The van der Waals surface area contributed by atoms with Gasteiger partial charge < -0.3 is 10.1 Å². The van der Waals surface area contributed by atoms with Crippen LogP contribution in [0.5, 0.6) is 0 Å². The van der Waals surface area contributed by atoms with Gasteiger partial charge in [0.25, 0.3) is 0 Å². The number of hydrogen-bond donors (Lipinski definition) is 1. The first-order valence-corrected chi connectivity index (χ1v) is 11.3. The normalized spacial score (nSPS) is 12.0. The number of carbonyl (C=O) groups is 2. The Balaban J connectivity index is 1.79. The van der Waals surface area contributed by atoms with Crippen LogP contribution < -0.4 is 5.32 Å². The second kappa shape index (κ2) is 11.2. The Morgan fingerprint density at radius 1 is 1.21 bits per heavy atom. The van der Waals surface area contributed by atoms with E-state index in [4.69, 9.17) is 4.74 Å². The van der Waals surface area contributed by atoms with Crippen molar-refractivity contribution in [3.8, 4) is 0 Å². The quantitative estimate of drug-likeness (QED) is 0.455. The van der Waals surface area contributed by atoms with Gasteiger partial charge in [-0.05, 0) is 37.3 Å². The molecule has 0 saturated heterocycles. The summed E-state index contributed by atoms with van der Waals surface area (Å²) in [6.45, 7) is 8.54. The molecule has 0 aliphatic carbocycles. The summed E-state index contributed by atoms with van der Waals surface area (Å²) in [5, 5.41) is 4.86. The highest BCUT2D eigenvalue weighted by Crippen LogP contribution is 2.23. The molecular formula is C21H28N2O3S2. The van der Waals surface area contributed by atoms with Crippen LogP contribution in [-0.2, 0) is 27.2 Å². The highest BCUT2D eigenvalue weighted by atomic mass is 32.2. The molecule has 1 aromatic carbocycles. The Labute approximate surface area is 175 Å². The predicted octanol–water partition coefficient (Wildman–Crippen LogP) is 4.42. The molecule has 1 aromatic heterocycles. The summed E-state index contributed by atoms with van der Waals surface area (Å²) in [4.78, 5) is 28.1. The molecule has 0 spiro atoms. The lowest BCUT2D eigenvalue weighted by Crippen LogP contribution is -2.28. The van der Waals surface area contributed by atoms with Crippen molar-refractivity contribution >= 4 is 35.0 Å². The summed E-state index contributed by atoms with van der Waals surface area (Å²) in [6.07, 6.45) is 1.23. The summed E-state index contributed by atoms with van der Waals surface area (Å²) in [6, 6.07) is 8.38. The van der Waals surface area contributed by atoms with E-state index >= 15 is 0 Å². The molecule has 1 heterocycles. The Morgan fingerprint density at radius 3 is 2.57 bits per heavy atom. The zero-order valence-corrected chi connectivity index (χ0v) is 18.5. The molecule has 7 heteroatoms. The second-order valence-electron chi connectivity index (χ2n) is 7.00. The third kappa shape index (κ3) is 7.64. The number of amides is 1. The molecule has 0 aliphatic rings. The van der Waals surface area contributed by atoms with E-state index in [1.807, 2.05) is 12.3 Å². The van der Waals surface area contributed by atoms with E-state index in [1.54, 1.807) is 6.92 Å². The van der Waals surface area contributed by atoms with Crippen LogP contribution in [0.3, 0.4) is 0 Å². The van der Waals surface area contributed by atoms with Crippen LogP contribution in [0.2, 0.25) is 0 Å². The summed E-state index contributed by atoms with van der Waals surface area (Å²) in [5.74, 6) is 0.604. The lowest BCUT2D eigenvalue weighted by atomic mass is 10.00. The van der Waals surface area contributed by atoms with E-state index in [0.717, 1.165) is 16.3 Å². The van der Waals surface area contributed by atoms with E-state index in [-0.39, 0.29) is 24.3 Å². The molecule has 0 saturated carbocycles. The number of nitrogens with one attached hydrogen (secondary N) is 1. The van der Waals surface area contributed by atoms with Gasteiger partial charge in [-0.1, -0.05) is 49.9 Å². The Kier molecular flexibility index (Phi) is 8.99. The number of carbonyl (C=O) groups excluding carboxylic acids is 2. The third-order valence-electron chi connectivity index (χ3n) is 3.99. The Hall–Kier alpha value is -1.86. The summed E-state index contributed by atoms with van der Waals surface area (Å²) < 4.78 is 5.70. The predicted molar refractivity (Wildman–Crippen MR) is 115 cm³/mol. The number of thiazole rings is 1. The number of aromatic nitrogens is 1. The first-order chi connectivity index (χ1) is 13.4. The average Bonchev–Trinajstić information content (AvgIpc) is 3.07. The molecule has 0 aliphatic heterocycles. The standard InChI is InChI=1S/C21H28N2O3S2/c1-5-26-20(25)11-18-12-27-21(23-18)28-13-19(24)22-15(4)17-8-6-16(7-9-17)10-14(2)3/h6-9,12,14-15H,5,10-11,13H2,1-4H3,(H,22,24)/t15-/m0/s1. The lowest BCUT2D eigenvalue weighted by molar-refractivity contribution is -0.142. The smallest absolute Gasteiger partial charge is 0.311 e. The van der Waals surface area contributed by atoms with Crippen molar-refractivity contribution in [3.05, 3.63) is 46.5 Å². The van der Waals surface area contributed by atoms with Gasteiger partial charge in [-0.2, -0.15) is 0 Å². The fraction of sp³-hybridized carbons (Fsp3) is 0.476. The molecule has 0 bridgehead atoms. The Morgan fingerprint density at radius 2 is 1.93 bits per heavy atom. The van der Waals surface area contributed by atoms with Gasteiger partial charge in [0.1, 0.15) is 0 Å². The number of benzene rings is 1. The monoisotopic (exact) mass is 420 g/mol. The van der Waals surface area contributed by atoms with E-state index < -0.39 is 0 Å². The summed E-state index contributed by atoms with van der Waals surface area (Å²) in [5.41, 5.74) is 3.09. The molecule has 0 fully saturated rings. The topological polar surface area (TPSA) is 68.3 Å². The van der Waals surface area contributed by atoms with Crippen molar-refractivity contribution in [1.82, 2.24) is 10.3 Å². The van der Waals surface area contributed by atoms with Crippen LogP contribution in [0.1, 0.15) is 50.6 Å². The minimum atomic E-state index is -0.282. The van der Waals surface area contributed by atoms with Gasteiger partial charge in [-0.25, -0.2) is 4.98 Å². The van der Waals surface area contributed by atoms with Gasteiger partial charge in [0.15, 0.2) is 4.34 Å². The Bertz CT molecular complexity index is 772. The molecule has 1 N–H and O–H groups in total. The first-order valence-electron chi connectivity index (χ1n) is 9.48. The van der Waals surface area contributed by atoms with Crippen molar-refractivity contribution < 1.29 is 14.3 Å². The van der Waals surface area contributed by atoms with Crippen LogP contribution in [0.15, 0.2) is 34.0 Å². The maximum Gasteiger partial charge on any atom is 0.311 e. The maximum absolute atomic E-state index is 12.3. The van der Waals surface area contributed by atoms with Crippen molar-refractivity contribution in [3.63, 3.8) is 0 Å². The van der Waals surface area contributed by atoms with Crippen molar-refractivity contribution in [1.29, 1.82) is 0 Å².